The lowest BCUT2D eigenvalue weighted by molar-refractivity contribution is 0.222. The molecule has 0 saturated heterocycles. The van der Waals surface area contributed by atoms with Gasteiger partial charge in [-0.05, 0) is 51.5 Å². The number of benzene rings is 1. The van der Waals surface area contributed by atoms with Crippen molar-refractivity contribution in [1.82, 2.24) is 0 Å². The van der Waals surface area contributed by atoms with Gasteiger partial charge in [-0.15, -0.1) is 0 Å². The molecule has 2 rings (SSSR count). The quantitative estimate of drug-likeness (QED) is 0.650. The number of ether oxygens (including phenoxy) is 1. The van der Waals surface area contributed by atoms with E-state index in [4.69, 9.17) is 9.15 Å². The fraction of sp³-hybridized carbons (Fsp3) is 0.316. The predicted octanol–water partition coefficient (Wildman–Crippen LogP) is 3.84. The van der Waals surface area contributed by atoms with Crippen LogP contribution in [-0.4, -0.2) is 17.8 Å². The van der Waals surface area contributed by atoms with Crippen molar-refractivity contribution < 1.29 is 14.3 Å². The number of rotatable bonds is 6. The molecule has 1 N–H and O–H groups in total. The van der Waals surface area contributed by atoms with Gasteiger partial charge < -0.3 is 14.3 Å². The van der Waals surface area contributed by atoms with Crippen LogP contribution in [0.2, 0.25) is 0 Å². The van der Waals surface area contributed by atoms with Gasteiger partial charge in [0, 0.05) is 17.5 Å². The lowest BCUT2D eigenvalue weighted by Crippen LogP contribution is -2.04. The van der Waals surface area contributed by atoms with Gasteiger partial charge in [-0.2, -0.15) is 0 Å². The zero-order valence-electron chi connectivity index (χ0n) is 13.7. The van der Waals surface area contributed by atoms with Gasteiger partial charge in [0.05, 0.1) is 6.10 Å². The number of hydrogen-bond acceptors (Lipinski definition) is 4. The minimum Gasteiger partial charge on any atom is -0.489 e. The molecule has 4 heteroatoms. The first-order valence-electron chi connectivity index (χ1n) is 7.59. The molecule has 0 spiro atoms. The van der Waals surface area contributed by atoms with Crippen molar-refractivity contribution >= 4 is 11.0 Å². The lowest BCUT2D eigenvalue weighted by atomic mass is 10.1. The van der Waals surface area contributed by atoms with E-state index in [-0.39, 0.29) is 5.63 Å². The molecule has 1 aromatic heterocycles. The van der Waals surface area contributed by atoms with Crippen LogP contribution in [0.25, 0.3) is 11.0 Å². The van der Waals surface area contributed by atoms with E-state index in [2.05, 4.69) is 0 Å². The summed E-state index contributed by atoms with van der Waals surface area (Å²) in [5, 5.41) is 10.7. The molecule has 23 heavy (non-hydrogen) atoms. The molecule has 0 fully saturated rings. The first-order chi connectivity index (χ1) is 10.9. The Hall–Kier alpha value is -2.33. The van der Waals surface area contributed by atoms with Crippen molar-refractivity contribution in [2.75, 3.05) is 6.61 Å². The molecule has 0 radical (unpaired) electrons. The molecule has 0 bridgehead atoms. The Labute approximate surface area is 135 Å². The van der Waals surface area contributed by atoms with E-state index in [1.807, 2.05) is 45.1 Å². The predicted molar refractivity (Wildman–Crippen MR) is 91.8 cm³/mol. The molecule has 1 aromatic carbocycles. The molecule has 122 valence electrons. The van der Waals surface area contributed by atoms with Crippen LogP contribution in [0.5, 0.6) is 5.75 Å². The SMILES string of the molecule is CC(C)=C[C@H](O)C/C(C)=C/COc1ccc2ccc(=O)oc2c1. The van der Waals surface area contributed by atoms with Crippen molar-refractivity contribution in [1.29, 1.82) is 0 Å². The molecule has 1 atom stereocenters. The highest BCUT2D eigenvalue weighted by molar-refractivity contribution is 5.77. The maximum absolute atomic E-state index is 11.2. The number of hydrogen-bond donors (Lipinski definition) is 1. The Balaban J connectivity index is 1.96. The van der Waals surface area contributed by atoms with E-state index in [1.54, 1.807) is 12.1 Å². The van der Waals surface area contributed by atoms with Gasteiger partial charge in [0.1, 0.15) is 17.9 Å². The third kappa shape index (κ3) is 5.42. The Morgan fingerprint density at radius 1 is 1.26 bits per heavy atom. The van der Waals surface area contributed by atoms with Gasteiger partial charge in [0.2, 0.25) is 0 Å². The zero-order valence-corrected chi connectivity index (χ0v) is 13.7. The van der Waals surface area contributed by atoms with Crippen LogP contribution in [0.3, 0.4) is 0 Å². The minimum atomic E-state index is -0.466. The van der Waals surface area contributed by atoms with Crippen molar-refractivity contribution in [3.8, 4) is 5.75 Å². The molecule has 4 nitrogen and oxygen atoms in total. The monoisotopic (exact) mass is 314 g/mol. The Morgan fingerprint density at radius 2 is 2.00 bits per heavy atom. The number of allylic oxidation sites excluding steroid dienone is 1. The van der Waals surface area contributed by atoms with Crippen molar-refractivity contribution in [3.63, 3.8) is 0 Å². The maximum atomic E-state index is 11.2. The normalized spacial score (nSPS) is 13.0. The van der Waals surface area contributed by atoms with E-state index in [0.717, 1.165) is 16.5 Å². The minimum absolute atomic E-state index is 0.376. The summed E-state index contributed by atoms with van der Waals surface area (Å²) >= 11 is 0. The number of fused-ring (bicyclic) bond motifs is 1. The van der Waals surface area contributed by atoms with E-state index in [9.17, 15) is 9.90 Å². The highest BCUT2D eigenvalue weighted by atomic mass is 16.5. The molecule has 0 aliphatic rings. The molecule has 0 saturated carbocycles. The Morgan fingerprint density at radius 3 is 2.74 bits per heavy atom. The summed E-state index contributed by atoms with van der Waals surface area (Å²) in [6, 6.07) is 8.51. The second-order valence-corrected chi connectivity index (χ2v) is 5.83. The second-order valence-electron chi connectivity index (χ2n) is 5.83. The van der Waals surface area contributed by atoms with Gasteiger partial charge in [0.25, 0.3) is 0 Å². The van der Waals surface area contributed by atoms with E-state index >= 15 is 0 Å². The van der Waals surface area contributed by atoms with Crippen molar-refractivity contribution in [2.24, 2.45) is 0 Å². The first-order valence-corrected chi connectivity index (χ1v) is 7.59. The Kier molecular flexibility index (Phi) is 5.77. The molecular formula is C19H22O4. The summed E-state index contributed by atoms with van der Waals surface area (Å²) in [5.41, 5.74) is 2.29. The smallest absolute Gasteiger partial charge is 0.336 e. The molecule has 0 unspecified atom stereocenters. The first kappa shape index (κ1) is 17.0. The number of aliphatic hydroxyl groups is 1. The summed E-state index contributed by atoms with van der Waals surface area (Å²) < 4.78 is 10.8. The van der Waals surface area contributed by atoms with Gasteiger partial charge in [0.15, 0.2) is 0 Å². The zero-order chi connectivity index (χ0) is 16.8. The fourth-order valence-corrected chi connectivity index (χ4v) is 2.27. The van der Waals surface area contributed by atoms with Crippen molar-refractivity contribution in [2.45, 2.75) is 33.3 Å². The lowest BCUT2D eigenvalue weighted by Gasteiger charge is -2.08. The maximum Gasteiger partial charge on any atom is 0.336 e. The molecule has 1 heterocycles. The summed E-state index contributed by atoms with van der Waals surface area (Å²) in [4.78, 5) is 11.2. The van der Waals surface area contributed by atoms with E-state index in [1.165, 1.54) is 6.07 Å². The van der Waals surface area contributed by atoms with Gasteiger partial charge in [-0.3, -0.25) is 0 Å². The average Bonchev–Trinajstić information content (AvgIpc) is 2.45. The van der Waals surface area contributed by atoms with Crippen molar-refractivity contribution in [3.05, 3.63) is 64.1 Å². The van der Waals surface area contributed by atoms with Crippen LogP contribution in [-0.2, 0) is 0 Å². The van der Waals surface area contributed by atoms with E-state index < -0.39 is 6.10 Å². The van der Waals surface area contributed by atoms with Gasteiger partial charge in [-0.1, -0.05) is 17.2 Å². The summed E-state index contributed by atoms with van der Waals surface area (Å²) in [5.74, 6) is 0.640. The average molecular weight is 314 g/mol. The summed E-state index contributed by atoms with van der Waals surface area (Å²) in [6.45, 7) is 6.29. The second kappa shape index (κ2) is 7.79. The Bertz CT molecular complexity index is 779. The molecule has 0 amide bonds. The van der Waals surface area contributed by atoms with Crippen LogP contribution in [0.15, 0.2) is 62.8 Å². The van der Waals surface area contributed by atoms with Gasteiger partial charge in [-0.25, -0.2) is 4.79 Å². The summed E-state index contributed by atoms with van der Waals surface area (Å²) in [7, 11) is 0. The standard InChI is InChI=1S/C19H22O4/c1-13(2)10-16(20)11-14(3)8-9-22-17-6-4-15-5-7-19(21)23-18(15)12-17/h4-8,10,12,16,20H,9,11H2,1-3H3/b14-8+/t16-/m0/s1. The van der Waals surface area contributed by atoms with Crippen LogP contribution >= 0.6 is 0 Å². The fourth-order valence-electron chi connectivity index (χ4n) is 2.27. The van der Waals surface area contributed by atoms with Gasteiger partial charge >= 0.3 is 5.63 Å². The third-order valence-corrected chi connectivity index (χ3v) is 3.33. The van der Waals surface area contributed by atoms with E-state index in [0.29, 0.717) is 24.4 Å². The molecular weight excluding hydrogens is 292 g/mol. The third-order valence-electron chi connectivity index (χ3n) is 3.33. The molecule has 0 aliphatic heterocycles. The highest BCUT2D eigenvalue weighted by Gasteiger charge is 2.02. The molecule has 0 aliphatic carbocycles. The summed E-state index contributed by atoms with van der Waals surface area (Å²) in [6.07, 6.45) is 3.89. The largest absolute Gasteiger partial charge is 0.489 e. The van der Waals surface area contributed by atoms with Crippen LogP contribution < -0.4 is 10.4 Å². The highest BCUT2D eigenvalue weighted by Crippen LogP contribution is 2.19. The molecule has 2 aromatic rings. The number of aliphatic hydroxyl groups excluding tert-OH is 1. The topological polar surface area (TPSA) is 59.7 Å². The van der Waals surface area contributed by atoms with Crippen LogP contribution in [0.4, 0.5) is 0 Å². The van der Waals surface area contributed by atoms with Crippen LogP contribution in [0, 0.1) is 0 Å². The van der Waals surface area contributed by atoms with Crippen LogP contribution in [0.1, 0.15) is 27.2 Å².